The summed E-state index contributed by atoms with van der Waals surface area (Å²) in [6.45, 7) is 1.74. The van der Waals surface area contributed by atoms with Crippen molar-refractivity contribution in [3.63, 3.8) is 0 Å². The van der Waals surface area contributed by atoms with Crippen molar-refractivity contribution in [1.82, 2.24) is 9.38 Å². The number of hydrogen-bond donors (Lipinski definition) is 1. The molecule has 0 bridgehead atoms. The van der Waals surface area contributed by atoms with Crippen LogP contribution in [-0.4, -0.2) is 23.8 Å². The van der Waals surface area contributed by atoms with E-state index in [0.29, 0.717) is 16.3 Å². The molecule has 0 amide bonds. The molecule has 2 heterocycles. The van der Waals surface area contributed by atoms with Gasteiger partial charge in [-0.15, -0.1) is 11.3 Å². The predicted octanol–water partition coefficient (Wildman–Crippen LogP) is 3.22. The van der Waals surface area contributed by atoms with Gasteiger partial charge in [0, 0.05) is 23.3 Å². The molecule has 0 saturated carbocycles. The summed E-state index contributed by atoms with van der Waals surface area (Å²) >= 11 is 1.30. The summed E-state index contributed by atoms with van der Waals surface area (Å²) in [4.78, 5) is 29.1. The number of carbonyl (C=O) groups is 1. The van der Waals surface area contributed by atoms with Gasteiger partial charge >= 0.3 is 5.97 Å². The minimum Gasteiger partial charge on any atom is -0.456 e. The van der Waals surface area contributed by atoms with E-state index in [1.807, 2.05) is 6.92 Å². The highest BCUT2D eigenvalue weighted by Gasteiger charge is 2.16. The minimum atomic E-state index is -3.79. The van der Waals surface area contributed by atoms with Crippen LogP contribution in [0.15, 0.2) is 75.9 Å². The van der Waals surface area contributed by atoms with E-state index in [-0.39, 0.29) is 22.6 Å². The number of rotatable bonds is 6. The van der Waals surface area contributed by atoms with Crippen LogP contribution in [0.25, 0.3) is 4.96 Å². The number of sulfonamides is 1. The third-order valence-corrected chi connectivity index (χ3v) is 6.57. The van der Waals surface area contributed by atoms with Crippen LogP contribution in [0.1, 0.15) is 21.6 Å². The lowest BCUT2D eigenvalue weighted by molar-refractivity contribution is 0.0467. The molecule has 31 heavy (non-hydrogen) atoms. The predicted molar refractivity (Wildman–Crippen MR) is 117 cm³/mol. The number of esters is 1. The van der Waals surface area contributed by atoms with Gasteiger partial charge in [-0.1, -0.05) is 17.7 Å². The van der Waals surface area contributed by atoms with Crippen LogP contribution in [0.3, 0.4) is 0 Å². The molecule has 0 spiro atoms. The van der Waals surface area contributed by atoms with Crippen molar-refractivity contribution < 1.29 is 17.9 Å². The summed E-state index contributed by atoms with van der Waals surface area (Å²) in [6.07, 6.45) is 1.62. The van der Waals surface area contributed by atoms with E-state index in [9.17, 15) is 18.0 Å². The number of aryl methyl sites for hydroxylation is 1. The fourth-order valence-corrected chi connectivity index (χ4v) is 4.59. The SMILES string of the molecule is Cc1ccc(NS(=O)(=O)c2ccc(C(=O)OCc3cc(=O)n4ccsc4n3)cc2)cc1. The monoisotopic (exact) mass is 455 g/mol. The molecule has 0 unspecified atom stereocenters. The molecule has 8 nitrogen and oxygen atoms in total. The second-order valence-corrected chi connectivity index (χ2v) is 9.27. The number of aromatic nitrogens is 2. The number of ether oxygens (including phenoxy) is 1. The fourth-order valence-electron chi connectivity index (χ4n) is 2.79. The first-order chi connectivity index (χ1) is 14.8. The molecule has 0 atom stereocenters. The number of nitrogens with one attached hydrogen (secondary N) is 1. The maximum atomic E-state index is 12.5. The van der Waals surface area contributed by atoms with Gasteiger partial charge in [0.15, 0.2) is 4.96 Å². The number of fused-ring (bicyclic) bond motifs is 1. The van der Waals surface area contributed by atoms with Crippen LogP contribution in [0.5, 0.6) is 0 Å². The van der Waals surface area contributed by atoms with Gasteiger partial charge in [0.1, 0.15) is 6.61 Å². The summed E-state index contributed by atoms with van der Waals surface area (Å²) in [5.41, 5.74) is 1.72. The Kier molecular flexibility index (Phi) is 5.57. The Hall–Kier alpha value is -3.50. The molecule has 0 radical (unpaired) electrons. The number of nitrogens with zero attached hydrogens (tertiary/aromatic N) is 2. The van der Waals surface area contributed by atoms with Crippen LogP contribution in [0.4, 0.5) is 5.69 Å². The summed E-state index contributed by atoms with van der Waals surface area (Å²) in [5, 5.41) is 1.74. The molecule has 1 N–H and O–H groups in total. The van der Waals surface area contributed by atoms with E-state index in [4.69, 9.17) is 4.74 Å². The molecule has 10 heteroatoms. The Morgan fingerprint density at radius 2 is 1.84 bits per heavy atom. The van der Waals surface area contributed by atoms with Crippen LogP contribution in [0, 0.1) is 6.92 Å². The molecule has 158 valence electrons. The molecular weight excluding hydrogens is 438 g/mol. The Bertz CT molecular complexity index is 1410. The number of anilines is 1. The van der Waals surface area contributed by atoms with Gasteiger partial charge in [0.05, 0.1) is 16.2 Å². The summed E-state index contributed by atoms with van der Waals surface area (Å²) in [7, 11) is -3.79. The highest BCUT2D eigenvalue weighted by Crippen LogP contribution is 2.18. The van der Waals surface area contributed by atoms with Crippen molar-refractivity contribution in [2.24, 2.45) is 0 Å². The smallest absolute Gasteiger partial charge is 0.338 e. The Morgan fingerprint density at radius 1 is 1.13 bits per heavy atom. The first-order valence-corrected chi connectivity index (χ1v) is 11.5. The standard InChI is InChI=1S/C21H17N3O5S2/c1-14-2-6-16(7-3-14)23-31(27,28)18-8-4-15(5-9-18)20(26)29-13-17-12-19(25)24-10-11-30-21(24)22-17/h2-12,23H,13H2,1H3. The molecule has 2 aromatic heterocycles. The van der Waals surface area contributed by atoms with Crippen LogP contribution in [-0.2, 0) is 21.4 Å². The van der Waals surface area contributed by atoms with Gasteiger partial charge in [0.2, 0.25) is 0 Å². The average molecular weight is 456 g/mol. The lowest BCUT2D eigenvalue weighted by atomic mass is 10.2. The highest BCUT2D eigenvalue weighted by molar-refractivity contribution is 7.92. The Morgan fingerprint density at radius 3 is 2.55 bits per heavy atom. The Labute approximate surface area is 181 Å². The zero-order valence-corrected chi connectivity index (χ0v) is 17.9. The van der Waals surface area contributed by atoms with Crippen molar-refractivity contribution in [2.45, 2.75) is 18.4 Å². The van der Waals surface area contributed by atoms with Gasteiger partial charge in [0.25, 0.3) is 15.6 Å². The van der Waals surface area contributed by atoms with Crippen molar-refractivity contribution in [3.05, 3.63) is 93.3 Å². The third-order valence-electron chi connectivity index (χ3n) is 4.41. The normalized spacial score (nSPS) is 11.4. The van der Waals surface area contributed by atoms with Gasteiger partial charge in [-0.3, -0.25) is 13.9 Å². The van der Waals surface area contributed by atoms with Gasteiger partial charge in [-0.25, -0.2) is 18.2 Å². The number of carbonyl (C=O) groups excluding carboxylic acids is 1. The zero-order chi connectivity index (χ0) is 22.0. The second kappa shape index (κ2) is 8.32. The van der Waals surface area contributed by atoms with Crippen LogP contribution >= 0.6 is 11.3 Å². The molecule has 4 rings (SSSR count). The number of benzene rings is 2. The summed E-state index contributed by atoms with van der Waals surface area (Å²) in [5.74, 6) is -0.649. The zero-order valence-electron chi connectivity index (χ0n) is 16.3. The first-order valence-electron chi connectivity index (χ1n) is 9.14. The van der Waals surface area contributed by atoms with E-state index >= 15 is 0 Å². The van der Waals surface area contributed by atoms with E-state index in [1.165, 1.54) is 46.1 Å². The molecular formula is C21H17N3O5S2. The maximum Gasteiger partial charge on any atom is 0.338 e. The van der Waals surface area contributed by atoms with Crippen LogP contribution in [0.2, 0.25) is 0 Å². The van der Waals surface area contributed by atoms with Crippen LogP contribution < -0.4 is 10.3 Å². The van der Waals surface area contributed by atoms with Gasteiger partial charge in [-0.2, -0.15) is 0 Å². The fraction of sp³-hybridized carbons (Fsp3) is 0.0952. The lowest BCUT2D eigenvalue weighted by Crippen LogP contribution is -2.15. The summed E-state index contributed by atoms with van der Waals surface area (Å²) < 4.78 is 34.2. The summed E-state index contributed by atoms with van der Waals surface area (Å²) in [6, 6.07) is 13.7. The van der Waals surface area contributed by atoms with Crippen molar-refractivity contribution in [2.75, 3.05) is 4.72 Å². The second-order valence-electron chi connectivity index (χ2n) is 6.71. The quantitative estimate of drug-likeness (QED) is 0.448. The number of thiazole rings is 1. The molecule has 0 fully saturated rings. The molecule has 0 aliphatic rings. The van der Waals surface area contributed by atoms with Crippen molar-refractivity contribution in [1.29, 1.82) is 0 Å². The van der Waals surface area contributed by atoms with E-state index < -0.39 is 16.0 Å². The largest absolute Gasteiger partial charge is 0.456 e. The lowest BCUT2D eigenvalue weighted by Gasteiger charge is -2.09. The van der Waals surface area contributed by atoms with Crippen molar-refractivity contribution in [3.8, 4) is 0 Å². The van der Waals surface area contributed by atoms with Crippen molar-refractivity contribution >= 4 is 38.0 Å². The molecule has 0 saturated heterocycles. The maximum absolute atomic E-state index is 12.5. The van der Waals surface area contributed by atoms with Gasteiger partial charge < -0.3 is 4.74 Å². The molecule has 0 aliphatic carbocycles. The van der Waals surface area contributed by atoms with E-state index in [1.54, 1.807) is 35.8 Å². The Balaban J connectivity index is 1.43. The third kappa shape index (κ3) is 4.65. The molecule has 0 aliphatic heterocycles. The molecule has 4 aromatic rings. The van der Waals surface area contributed by atoms with E-state index in [0.717, 1.165) is 5.56 Å². The topological polar surface area (TPSA) is 107 Å². The number of hydrogen-bond acceptors (Lipinski definition) is 7. The molecule has 2 aromatic carbocycles. The minimum absolute atomic E-state index is 0.0162. The highest BCUT2D eigenvalue weighted by atomic mass is 32.2. The van der Waals surface area contributed by atoms with E-state index in [2.05, 4.69) is 9.71 Å². The average Bonchev–Trinajstić information content (AvgIpc) is 3.23. The first kappa shape index (κ1) is 20.8. The van der Waals surface area contributed by atoms with Gasteiger partial charge in [-0.05, 0) is 43.3 Å².